The number of aliphatic hydroxyl groups excluding tert-OH is 1. The molecule has 196 valence electrons. The number of benzene rings is 3. The Kier molecular flexibility index (Phi) is 8.15. The zero-order valence-electron chi connectivity index (χ0n) is 21.4. The maximum absolute atomic E-state index is 15.0. The first-order chi connectivity index (χ1) is 17.7. The number of carbonyl (C=O) groups is 1. The van der Waals surface area contributed by atoms with Crippen LogP contribution in [0.5, 0.6) is 11.5 Å². The molecule has 0 spiro atoms. The Balaban J connectivity index is 1.66. The zero-order valence-corrected chi connectivity index (χ0v) is 21.4. The summed E-state index contributed by atoms with van der Waals surface area (Å²) in [7, 11) is 1.56. The van der Waals surface area contributed by atoms with E-state index in [1.54, 1.807) is 43.5 Å². The summed E-state index contributed by atoms with van der Waals surface area (Å²) in [5.41, 5.74) is 3.30. The Morgan fingerprint density at radius 3 is 2.65 bits per heavy atom. The molecule has 1 aliphatic heterocycles. The normalized spacial score (nSPS) is 17.7. The van der Waals surface area contributed by atoms with Gasteiger partial charge in [0.2, 0.25) is 0 Å². The number of aliphatic carboxylic acids is 1. The molecule has 0 saturated carbocycles. The van der Waals surface area contributed by atoms with Gasteiger partial charge < -0.3 is 24.4 Å². The lowest BCUT2D eigenvalue weighted by atomic mass is 9.75. The second kappa shape index (κ2) is 11.3. The second-order valence-electron chi connectivity index (χ2n) is 10.1. The minimum Gasteiger partial charge on any atom is -0.497 e. The average molecular weight is 509 g/mol. The van der Waals surface area contributed by atoms with Gasteiger partial charge in [0.1, 0.15) is 23.9 Å². The third kappa shape index (κ3) is 6.29. The quantitative estimate of drug-likeness (QED) is 0.345. The highest BCUT2D eigenvalue weighted by atomic mass is 19.1. The van der Waals surface area contributed by atoms with Crippen LogP contribution in [0, 0.1) is 11.2 Å². The van der Waals surface area contributed by atoms with Crippen molar-refractivity contribution in [3.8, 4) is 22.6 Å². The molecule has 1 fully saturated rings. The van der Waals surface area contributed by atoms with Gasteiger partial charge in [-0.05, 0) is 76.9 Å². The lowest BCUT2D eigenvalue weighted by molar-refractivity contribution is -0.139. The molecule has 0 unspecified atom stereocenters. The van der Waals surface area contributed by atoms with Crippen molar-refractivity contribution in [3.05, 3.63) is 83.2 Å². The number of aliphatic hydroxyl groups is 1. The van der Waals surface area contributed by atoms with Gasteiger partial charge >= 0.3 is 5.97 Å². The van der Waals surface area contributed by atoms with E-state index in [0.717, 1.165) is 29.5 Å². The zero-order chi connectivity index (χ0) is 26.6. The summed E-state index contributed by atoms with van der Waals surface area (Å²) in [6, 6.07) is 17.3. The largest absolute Gasteiger partial charge is 0.497 e. The molecule has 4 rings (SSSR count). The molecule has 1 saturated heterocycles. The highest BCUT2D eigenvalue weighted by Gasteiger charge is 2.36. The van der Waals surface area contributed by atoms with Gasteiger partial charge in [0.05, 0.1) is 25.7 Å². The first kappa shape index (κ1) is 26.6. The summed E-state index contributed by atoms with van der Waals surface area (Å²) in [4.78, 5) is 10.9. The molecule has 2 atom stereocenters. The van der Waals surface area contributed by atoms with Crippen molar-refractivity contribution in [1.82, 2.24) is 0 Å². The third-order valence-electron chi connectivity index (χ3n) is 6.84. The Bertz CT molecular complexity index is 1250. The molecule has 0 radical (unpaired) electrons. The van der Waals surface area contributed by atoms with Crippen molar-refractivity contribution < 1.29 is 33.6 Å². The van der Waals surface area contributed by atoms with Crippen LogP contribution in [-0.4, -0.2) is 29.9 Å². The van der Waals surface area contributed by atoms with E-state index in [0.29, 0.717) is 29.2 Å². The van der Waals surface area contributed by atoms with E-state index in [1.165, 1.54) is 6.07 Å². The lowest BCUT2D eigenvalue weighted by Gasteiger charge is -2.39. The Hall–Kier alpha value is -3.42. The van der Waals surface area contributed by atoms with Gasteiger partial charge in [-0.3, -0.25) is 4.79 Å². The maximum Gasteiger partial charge on any atom is 0.306 e. The SMILES string of the molecule is COc1ccc(F)c(-c2ccc(COc3cccc([C@H](O)CC(=O)O)c3)cc2[C@H]2OCCCC2(C)C)c1. The molecule has 0 bridgehead atoms. The molecule has 0 aliphatic carbocycles. The number of carboxylic acid groups (broad SMARTS) is 1. The van der Waals surface area contributed by atoms with E-state index in [-0.39, 0.29) is 30.4 Å². The molecule has 7 heteroatoms. The number of hydrogen-bond donors (Lipinski definition) is 2. The predicted octanol–water partition coefficient (Wildman–Crippen LogP) is 6.47. The molecular weight excluding hydrogens is 475 g/mol. The molecule has 37 heavy (non-hydrogen) atoms. The summed E-state index contributed by atoms with van der Waals surface area (Å²) < 4.78 is 32.6. The number of rotatable bonds is 9. The van der Waals surface area contributed by atoms with Crippen molar-refractivity contribution in [2.24, 2.45) is 5.41 Å². The number of ether oxygens (including phenoxy) is 3. The summed E-state index contributed by atoms with van der Waals surface area (Å²) in [5.74, 6) is -0.327. The maximum atomic E-state index is 15.0. The highest BCUT2D eigenvalue weighted by molar-refractivity contribution is 5.71. The third-order valence-corrected chi connectivity index (χ3v) is 6.84. The second-order valence-corrected chi connectivity index (χ2v) is 10.1. The van der Waals surface area contributed by atoms with Crippen molar-refractivity contribution in [1.29, 1.82) is 0 Å². The minimum atomic E-state index is -1.12. The van der Waals surface area contributed by atoms with Gasteiger partial charge in [0, 0.05) is 12.2 Å². The van der Waals surface area contributed by atoms with Crippen LogP contribution in [0.4, 0.5) is 4.39 Å². The van der Waals surface area contributed by atoms with E-state index < -0.39 is 12.1 Å². The Labute approximate surface area is 216 Å². The van der Waals surface area contributed by atoms with Crippen molar-refractivity contribution >= 4 is 5.97 Å². The van der Waals surface area contributed by atoms with Crippen molar-refractivity contribution in [2.45, 2.75) is 51.9 Å². The summed E-state index contributed by atoms with van der Waals surface area (Å²) in [6.45, 7) is 5.21. The molecule has 6 nitrogen and oxygen atoms in total. The highest BCUT2D eigenvalue weighted by Crippen LogP contribution is 2.47. The van der Waals surface area contributed by atoms with Crippen LogP contribution in [0.15, 0.2) is 60.7 Å². The fraction of sp³-hybridized carbons (Fsp3) is 0.367. The van der Waals surface area contributed by atoms with Gasteiger partial charge in [0.25, 0.3) is 0 Å². The minimum absolute atomic E-state index is 0.142. The molecule has 1 aliphatic rings. The monoisotopic (exact) mass is 508 g/mol. The van der Waals surface area contributed by atoms with Crippen LogP contribution in [0.2, 0.25) is 0 Å². The van der Waals surface area contributed by atoms with Gasteiger partial charge in [-0.25, -0.2) is 4.39 Å². The smallest absolute Gasteiger partial charge is 0.306 e. The number of hydrogen-bond acceptors (Lipinski definition) is 5. The first-order valence-electron chi connectivity index (χ1n) is 12.4. The Morgan fingerprint density at radius 2 is 1.92 bits per heavy atom. The standard InChI is InChI=1S/C30H33FO6/c1-30(2)12-5-13-36-29(30)25-14-19(8-10-23(25)24-16-21(35-3)9-11-26(24)31)18-37-22-7-4-6-20(15-22)27(32)17-28(33)34/h4,6-11,14-16,27,29,32H,5,12-13,17-18H2,1-3H3,(H,33,34)/t27-,29-/m1/s1. The van der Waals surface area contributed by atoms with E-state index in [4.69, 9.17) is 19.3 Å². The number of halogens is 1. The van der Waals surface area contributed by atoms with E-state index >= 15 is 4.39 Å². The van der Waals surface area contributed by atoms with Gasteiger partial charge in [-0.15, -0.1) is 0 Å². The Morgan fingerprint density at radius 1 is 1.11 bits per heavy atom. The average Bonchev–Trinajstić information content (AvgIpc) is 2.87. The van der Waals surface area contributed by atoms with Crippen LogP contribution in [0.1, 0.15) is 62.0 Å². The number of methoxy groups -OCH3 is 1. The van der Waals surface area contributed by atoms with E-state index in [1.807, 2.05) is 18.2 Å². The van der Waals surface area contributed by atoms with Crippen molar-refractivity contribution in [2.75, 3.05) is 13.7 Å². The summed E-state index contributed by atoms with van der Waals surface area (Å²) in [6.07, 6.45) is 0.238. The summed E-state index contributed by atoms with van der Waals surface area (Å²) in [5, 5.41) is 19.1. The molecule has 1 heterocycles. The lowest BCUT2D eigenvalue weighted by Crippen LogP contribution is -2.30. The van der Waals surface area contributed by atoms with Crippen LogP contribution < -0.4 is 9.47 Å². The van der Waals surface area contributed by atoms with Crippen LogP contribution in [0.3, 0.4) is 0 Å². The molecule has 0 amide bonds. The fourth-order valence-corrected chi connectivity index (χ4v) is 4.86. The van der Waals surface area contributed by atoms with Gasteiger partial charge in [-0.1, -0.05) is 38.1 Å². The van der Waals surface area contributed by atoms with Crippen molar-refractivity contribution in [3.63, 3.8) is 0 Å². The molecule has 3 aromatic rings. The predicted molar refractivity (Wildman–Crippen MR) is 138 cm³/mol. The molecular formula is C30H33FO6. The molecule has 3 aromatic carbocycles. The molecule has 0 aromatic heterocycles. The fourth-order valence-electron chi connectivity index (χ4n) is 4.86. The first-order valence-corrected chi connectivity index (χ1v) is 12.4. The van der Waals surface area contributed by atoms with Crippen LogP contribution in [0.25, 0.3) is 11.1 Å². The van der Waals surface area contributed by atoms with E-state index in [9.17, 15) is 9.90 Å². The van der Waals surface area contributed by atoms with Gasteiger partial charge in [0.15, 0.2) is 0 Å². The van der Waals surface area contributed by atoms with Crippen LogP contribution in [-0.2, 0) is 16.1 Å². The topological polar surface area (TPSA) is 85.2 Å². The molecule has 2 N–H and O–H groups in total. The van der Waals surface area contributed by atoms with E-state index in [2.05, 4.69) is 13.8 Å². The van der Waals surface area contributed by atoms with Crippen LogP contribution >= 0.6 is 0 Å². The number of carboxylic acids is 1. The van der Waals surface area contributed by atoms with Gasteiger partial charge in [-0.2, -0.15) is 0 Å². The summed E-state index contributed by atoms with van der Waals surface area (Å²) >= 11 is 0.